The Balaban J connectivity index is 2.23. The van der Waals surface area contributed by atoms with E-state index in [-0.39, 0.29) is 18.4 Å². The van der Waals surface area contributed by atoms with Gasteiger partial charge in [-0.25, -0.2) is 4.79 Å². The topological polar surface area (TPSA) is 69.6 Å². The quantitative estimate of drug-likeness (QED) is 0.698. The van der Waals surface area contributed by atoms with E-state index in [4.69, 9.17) is 5.11 Å². The zero-order chi connectivity index (χ0) is 13.5. The summed E-state index contributed by atoms with van der Waals surface area (Å²) in [4.78, 5) is 24.3. The van der Waals surface area contributed by atoms with Gasteiger partial charge < -0.3 is 15.3 Å². The minimum atomic E-state index is -0.779. The molecule has 2 N–H and O–H groups in total. The maximum Gasteiger partial charge on any atom is 0.317 e. The number of rotatable bonds is 8. The molecule has 1 saturated carbocycles. The van der Waals surface area contributed by atoms with Crippen molar-refractivity contribution in [2.45, 2.75) is 52.0 Å². The number of nitrogens with zero attached hydrogens (tertiary/aromatic N) is 1. The number of hydrogen-bond acceptors (Lipinski definition) is 2. The summed E-state index contributed by atoms with van der Waals surface area (Å²) in [5.74, 6) is -0.577. The number of nitrogens with one attached hydrogen (secondary N) is 1. The van der Waals surface area contributed by atoms with Crippen LogP contribution in [0.1, 0.15) is 46.0 Å². The second kappa shape index (κ2) is 7.24. The monoisotopic (exact) mass is 256 g/mol. The Labute approximate surface area is 109 Å². The van der Waals surface area contributed by atoms with E-state index in [9.17, 15) is 9.59 Å². The van der Waals surface area contributed by atoms with Gasteiger partial charge in [0.2, 0.25) is 0 Å². The molecule has 1 fully saturated rings. The molecule has 18 heavy (non-hydrogen) atoms. The van der Waals surface area contributed by atoms with Gasteiger partial charge in [0.25, 0.3) is 0 Å². The smallest absolute Gasteiger partial charge is 0.317 e. The Kier molecular flexibility index (Phi) is 5.95. The van der Waals surface area contributed by atoms with Crippen molar-refractivity contribution in [2.24, 2.45) is 5.92 Å². The Morgan fingerprint density at radius 1 is 1.44 bits per heavy atom. The largest absolute Gasteiger partial charge is 0.481 e. The van der Waals surface area contributed by atoms with Gasteiger partial charge in [-0.05, 0) is 31.6 Å². The number of carboxylic acid groups (broad SMARTS) is 1. The predicted molar refractivity (Wildman–Crippen MR) is 69.5 cm³/mol. The van der Waals surface area contributed by atoms with E-state index in [0.29, 0.717) is 19.0 Å². The molecule has 5 nitrogen and oxygen atoms in total. The SMILES string of the molecule is CCCN(C(=O)NCC(C)CCC(=O)O)C1CC1. The summed E-state index contributed by atoms with van der Waals surface area (Å²) in [6.07, 6.45) is 3.97. The van der Waals surface area contributed by atoms with Crippen LogP contribution in [-0.2, 0) is 4.79 Å². The van der Waals surface area contributed by atoms with Gasteiger partial charge in [0.15, 0.2) is 0 Å². The van der Waals surface area contributed by atoms with E-state index >= 15 is 0 Å². The van der Waals surface area contributed by atoms with Crippen molar-refractivity contribution in [1.29, 1.82) is 0 Å². The fraction of sp³-hybridized carbons (Fsp3) is 0.846. The number of carboxylic acids is 1. The molecule has 104 valence electrons. The number of hydrogen-bond donors (Lipinski definition) is 2. The van der Waals surface area contributed by atoms with Gasteiger partial charge >= 0.3 is 12.0 Å². The zero-order valence-electron chi connectivity index (χ0n) is 11.3. The fourth-order valence-electron chi connectivity index (χ4n) is 1.91. The van der Waals surface area contributed by atoms with Gasteiger partial charge in [0, 0.05) is 25.6 Å². The lowest BCUT2D eigenvalue weighted by Crippen LogP contribution is -2.43. The summed E-state index contributed by atoms with van der Waals surface area (Å²) in [6, 6.07) is 0.431. The third kappa shape index (κ3) is 5.38. The first-order valence-electron chi connectivity index (χ1n) is 6.80. The molecule has 1 atom stereocenters. The highest BCUT2D eigenvalue weighted by molar-refractivity contribution is 5.74. The van der Waals surface area contributed by atoms with Gasteiger partial charge in [-0.15, -0.1) is 0 Å². The molecule has 0 aromatic heterocycles. The molecule has 0 aliphatic heterocycles. The third-order valence-electron chi connectivity index (χ3n) is 3.17. The Bertz CT molecular complexity index is 290. The molecule has 0 heterocycles. The van der Waals surface area contributed by atoms with Crippen molar-refractivity contribution in [2.75, 3.05) is 13.1 Å². The van der Waals surface area contributed by atoms with Gasteiger partial charge in [-0.3, -0.25) is 4.79 Å². The molecule has 1 unspecified atom stereocenters. The molecule has 0 aromatic carbocycles. The molecule has 1 rings (SSSR count). The third-order valence-corrected chi connectivity index (χ3v) is 3.17. The van der Waals surface area contributed by atoms with E-state index < -0.39 is 5.97 Å². The number of amides is 2. The molecule has 0 radical (unpaired) electrons. The summed E-state index contributed by atoms with van der Waals surface area (Å²) in [6.45, 7) is 5.39. The van der Waals surface area contributed by atoms with Crippen LogP contribution in [0.4, 0.5) is 4.79 Å². The zero-order valence-corrected chi connectivity index (χ0v) is 11.3. The Morgan fingerprint density at radius 3 is 2.61 bits per heavy atom. The highest BCUT2D eigenvalue weighted by Gasteiger charge is 2.31. The van der Waals surface area contributed by atoms with Crippen molar-refractivity contribution in [3.8, 4) is 0 Å². The van der Waals surface area contributed by atoms with Crippen LogP contribution in [0.3, 0.4) is 0 Å². The molecular weight excluding hydrogens is 232 g/mol. The Morgan fingerprint density at radius 2 is 2.11 bits per heavy atom. The molecule has 0 spiro atoms. The second-order valence-electron chi connectivity index (χ2n) is 5.15. The van der Waals surface area contributed by atoms with E-state index in [1.807, 2.05) is 11.8 Å². The minimum absolute atomic E-state index is 0.00141. The lowest BCUT2D eigenvalue weighted by molar-refractivity contribution is -0.137. The average molecular weight is 256 g/mol. The van der Waals surface area contributed by atoms with Crippen LogP contribution >= 0.6 is 0 Å². The van der Waals surface area contributed by atoms with Crippen LogP contribution in [0, 0.1) is 5.92 Å². The van der Waals surface area contributed by atoms with Crippen LogP contribution in [0.25, 0.3) is 0 Å². The number of carbonyl (C=O) groups excluding carboxylic acids is 1. The highest BCUT2D eigenvalue weighted by Crippen LogP contribution is 2.26. The minimum Gasteiger partial charge on any atom is -0.481 e. The van der Waals surface area contributed by atoms with E-state index in [2.05, 4.69) is 12.2 Å². The molecule has 1 aliphatic rings. The standard InChI is InChI=1S/C13H24N2O3/c1-3-8-15(11-5-6-11)13(18)14-9-10(2)4-7-12(16)17/h10-11H,3-9H2,1-2H3,(H,14,18)(H,16,17). The van der Waals surface area contributed by atoms with E-state index in [1.165, 1.54) is 0 Å². The van der Waals surface area contributed by atoms with Crippen LogP contribution in [-0.4, -0.2) is 41.1 Å². The maximum absolute atomic E-state index is 12.0. The molecular formula is C13H24N2O3. The van der Waals surface area contributed by atoms with Gasteiger partial charge in [-0.2, -0.15) is 0 Å². The summed E-state index contributed by atoms with van der Waals surface area (Å²) in [5, 5.41) is 11.5. The molecule has 0 aromatic rings. The first-order chi connectivity index (χ1) is 8.54. The fourth-order valence-corrected chi connectivity index (χ4v) is 1.91. The van der Waals surface area contributed by atoms with Crippen LogP contribution in [0.5, 0.6) is 0 Å². The number of urea groups is 1. The first-order valence-corrected chi connectivity index (χ1v) is 6.80. The molecule has 2 amide bonds. The van der Waals surface area contributed by atoms with E-state index in [1.54, 1.807) is 0 Å². The molecule has 5 heteroatoms. The maximum atomic E-state index is 12.0. The van der Waals surface area contributed by atoms with Crippen molar-refractivity contribution < 1.29 is 14.7 Å². The second-order valence-corrected chi connectivity index (χ2v) is 5.15. The highest BCUT2D eigenvalue weighted by atomic mass is 16.4. The number of carbonyl (C=O) groups is 2. The van der Waals surface area contributed by atoms with Crippen molar-refractivity contribution in [3.63, 3.8) is 0 Å². The number of aliphatic carboxylic acids is 1. The molecule has 1 aliphatic carbocycles. The Hall–Kier alpha value is -1.26. The summed E-state index contributed by atoms with van der Waals surface area (Å²) in [5.41, 5.74) is 0. The summed E-state index contributed by atoms with van der Waals surface area (Å²) < 4.78 is 0. The van der Waals surface area contributed by atoms with Crippen molar-refractivity contribution >= 4 is 12.0 Å². The lowest BCUT2D eigenvalue weighted by Gasteiger charge is -2.23. The van der Waals surface area contributed by atoms with Gasteiger partial charge in [0.05, 0.1) is 0 Å². The van der Waals surface area contributed by atoms with Crippen LogP contribution in [0.2, 0.25) is 0 Å². The summed E-state index contributed by atoms with van der Waals surface area (Å²) in [7, 11) is 0. The molecule has 0 saturated heterocycles. The lowest BCUT2D eigenvalue weighted by atomic mass is 10.1. The summed E-state index contributed by atoms with van der Waals surface area (Å²) >= 11 is 0. The molecule has 0 bridgehead atoms. The van der Waals surface area contributed by atoms with Crippen LogP contribution < -0.4 is 5.32 Å². The van der Waals surface area contributed by atoms with Crippen molar-refractivity contribution in [3.05, 3.63) is 0 Å². The van der Waals surface area contributed by atoms with Gasteiger partial charge in [-0.1, -0.05) is 13.8 Å². The van der Waals surface area contributed by atoms with E-state index in [0.717, 1.165) is 25.8 Å². The normalized spacial score (nSPS) is 16.1. The van der Waals surface area contributed by atoms with Crippen LogP contribution in [0.15, 0.2) is 0 Å². The van der Waals surface area contributed by atoms with Crippen molar-refractivity contribution in [1.82, 2.24) is 10.2 Å². The van der Waals surface area contributed by atoms with Gasteiger partial charge in [0.1, 0.15) is 0 Å². The first kappa shape index (κ1) is 14.8. The predicted octanol–water partition coefficient (Wildman–Crippen LogP) is 2.07. The average Bonchev–Trinajstić information content (AvgIpc) is 3.14.